The van der Waals surface area contributed by atoms with Crippen LogP contribution in [0.1, 0.15) is 121 Å². The molecule has 0 aromatic heterocycles. The molecule has 2 heteroatoms. The van der Waals surface area contributed by atoms with Crippen LogP contribution in [-0.4, -0.2) is 5.60 Å². The number of hydrogen-bond donors (Lipinski definition) is 0. The first-order chi connectivity index (χ1) is 17.7. The first kappa shape index (κ1) is 29.6. The second kappa shape index (κ2) is 14.3. The maximum absolute atomic E-state index is 6.74. The van der Waals surface area contributed by atoms with E-state index in [2.05, 4.69) is 78.8 Å². The van der Waals surface area contributed by atoms with E-state index in [0.29, 0.717) is 6.61 Å². The summed E-state index contributed by atoms with van der Waals surface area (Å²) in [5.74, 6) is 4.65. The number of aryl methyl sites for hydroxylation is 1. The molecule has 3 unspecified atom stereocenters. The van der Waals surface area contributed by atoms with Crippen LogP contribution < -0.4 is 9.47 Å². The van der Waals surface area contributed by atoms with Crippen LogP contribution in [0.4, 0.5) is 0 Å². The second-order valence-electron chi connectivity index (χ2n) is 12.8. The van der Waals surface area contributed by atoms with E-state index in [4.69, 9.17) is 9.47 Å². The Balaban J connectivity index is 1.43. The van der Waals surface area contributed by atoms with Crippen molar-refractivity contribution in [2.45, 2.75) is 131 Å². The zero-order valence-corrected chi connectivity index (χ0v) is 25.0. The quantitative estimate of drug-likeness (QED) is 0.239. The minimum atomic E-state index is -0.0543. The molecule has 2 nitrogen and oxygen atoms in total. The Morgan fingerprint density at radius 1 is 0.865 bits per heavy atom. The van der Waals surface area contributed by atoms with Gasteiger partial charge in [0.2, 0.25) is 0 Å². The molecule has 0 amide bonds. The molecule has 0 fully saturated rings. The molecule has 1 aliphatic heterocycles. The molecule has 0 N–H and O–H groups in total. The summed E-state index contributed by atoms with van der Waals surface area (Å²) in [6.07, 6.45) is 14.2. The van der Waals surface area contributed by atoms with Crippen molar-refractivity contribution in [2.24, 2.45) is 17.8 Å². The maximum Gasteiger partial charge on any atom is 0.126 e. The highest BCUT2D eigenvalue weighted by molar-refractivity contribution is 5.54. The Labute approximate surface area is 228 Å². The number of ether oxygens (including phenoxy) is 2. The van der Waals surface area contributed by atoms with Gasteiger partial charge in [-0.2, -0.15) is 0 Å². The largest absolute Gasteiger partial charge is 0.489 e. The van der Waals surface area contributed by atoms with Gasteiger partial charge in [-0.05, 0) is 87.0 Å². The molecular formula is C35H54O2. The molecule has 3 atom stereocenters. The molecule has 1 aliphatic rings. The van der Waals surface area contributed by atoms with Crippen LogP contribution in [0.3, 0.4) is 0 Å². The average Bonchev–Trinajstić information content (AvgIpc) is 2.85. The van der Waals surface area contributed by atoms with Gasteiger partial charge in [-0.3, -0.25) is 0 Å². The third-order valence-corrected chi connectivity index (χ3v) is 8.57. The Bertz CT molecular complexity index is 947. The highest BCUT2D eigenvalue weighted by Crippen LogP contribution is 2.43. The third-order valence-electron chi connectivity index (χ3n) is 8.57. The van der Waals surface area contributed by atoms with Crippen molar-refractivity contribution in [1.82, 2.24) is 0 Å². The summed E-state index contributed by atoms with van der Waals surface area (Å²) in [6.45, 7) is 16.9. The molecule has 37 heavy (non-hydrogen) atoms. The molecule has 1 heterocycles. The topological polar surface area (TPSA) is 18.5 Å². The standard InChI is InChI=1S/C35H54O2/c1-26(2)14-11-15-27(3)16-12-17-28(4)18-13-22-35(7)23-21-32-30(6)33(24-29(5)34(32)37-35)36-25-31-19-9-8-10-20-31/h8-10,19-20,24,26-28H,11-18,21-23,25H2,1-7H3. The van der Waals surface area contributed by atoms with Crippen molar-refractivity contribution in [3.63, 3.8) is 0 Å². The van der Waals surface area contributed by atoms with E-state index in [1.165, 1.54) is 73.6 Å². The van der Waals surface area contributed by atoms with Crippen LogP contribution in [0, 0.1) is 31.6 Å². The van der Waals surface area contributed by atoms with Gasteiger partial charge in [0.05, 0.1) is 0 Å². The van der Waals surface area contributed by atoms with Gasteiger partial charge in [-0.15, -0.1) is 0 Å². The van der Waals surface area contributed by atoms with Gasteiger partial charge in [-0.25, -0.2) is 0 Å². The highest BCUT2D eigenvalue weighted by atomic mass is 16.5. The van der Waals surface area contributed by atoms with Crippen LogP contribution in [0.25, 0.3) is 0 Å². The normalized spacial score (nSPS) is 18.8. The smallest absolute Gasteiger partial charge is 0.126 e. The van der Waals surface area contributed by atoms with Gasteiger partial charge in [0.15, 0.2) is 0 Å². The molecular weight excluding hydrogens is 452 g/mol. The molecule has 3 rings (SSSR count). The zero-order valence-electron chi connectivity index (χ0n) is 25.0. The fourth-order valence-electron chi connectivity index (χ4n) is 5.92. The third kappa shape index (κ3) is 9.38. The van der Waals surface area contributed by atoms with Crippen molar-refractivity contribution < 1.29 is 9.47 Å². The Kier molecular flexibility index (Phi) is 11.4. The molecule has 2 aromatic rings. The van der Waals surface area contributed by atoms with Gasteiger partial charge in [0.25, 0.3) is 0 Å². The molecule has 0 saturated heterocycles. The predicted octanol–water partition coefficient (Wildman–Crippen LogP) is 10.4. The molecule has 0 bridgehead atoms. The van der Waals surface area contributed by atoms with E-state index < -0.39 is 0 Å². The molecule has 0 saturated carbocycles. The Morgan fingerprint density at radius 3 is 2.14 bits per heavy atom. The molecule has 206 valence electrons. The SMILES string of the molecule is Cc1cc(OCc2ccccc2)c(C)c2c1OC(C)(CCCC(C)CCCC(C)CCCC(C)C)CC2. The number of hydrogen-bond acceptors (Lipinski definition) is 2. The van der Waals surface area contributed by atoms with E-state index in [0.717, 1.165) is 48.5 Å². The van der Waals surface area contributed by atoms with Crippen LogP contribution in [0.2, 0.25) is 0 Å². The molecule has 2 aromatic carbocycles. The first-order valence-electron chi connectivity index (χ1n) is 15.2. The summed E-state index contributed by atoms with van der Waals surface area (Å²) >= 11 is 0. The van der Waals surface area contributed by atoms with Crippen molar-refractivity contribution in [2.75, 3.05) is 0 Å². The summed E-state index contributed by atoms with van der Waals surface area (Å²) in [5, 5.41) is 0. The van der Waals surface area contributed by atoms with Gasteiger partial charge in [-0.1, -0.05) is 103 Å². The van der Waals surface area contributed by atoms with E-state index in [1.54, 1.807) is 0 Å². The number of rotatable bonds is 15. The Morgan fingerprint density at radius 2 is 1.49 bits per heavy atom. The lowest BCUT2D eigenvalue weighted by atomic mass is 9.84. The van der Waals surface area contributed by atoms with E-state index in [9.17, 15) is 0 Å². The summed E-state index contributed by atoms with van der Waals surface area (Å²) in [6, 6.07) is 12.6. The van der Waals surface area contributed by atoms with Crippen LogP contribution in [0.15, 0.2) is 36.4 Å². The monoisotopic (exact) mass is 506 g/mol. The number of fused-ring (bicyclic) bond motifs is 1. The minimum absolute atomic E-state index is 0.0543. The van der Waals surface area contributed by atoms with E-state index >= 15 is 0 Å². The summed E-state index contributed by atoms with van der Waals surface area (Å²) in [4.78, 5) is 0. The van der Waals surface area contributed by atoms with Crippen LogP contribution in [-0.2, 0) is 13.0 Å². The van der Waals surface area contributed by atoms with Gasteiger partial charge in [0.1, 0.15) is 23.7 Å². The van der Waals surface area contributed by atoms with Crippen molar-refractivity contribution in [3.8, 4) is 11.5 Å². The van der Waals surface area contributed by atoms with Crippen LogP contribution in [0.5, 0.6) is 11.5 Å². The fraction of sp³-hybridized carbons (Fsp3) is 0.657. The molecule has 0 spiro atoms. The van der Waals surface area contributed by atoms with Crippen molar-refractivity contribution in [3.05, 3.63) is 58.7 Å². The zero-order chi connectivity index (χ0) is 26.8. The van der Waals surface area contributed by atoms with Crippen molar-refractivity contribution in [1.29, 1.82) is 0 Å². The Hall–Kier alpha value is -1.96. The van der Waals surface area contributed by atoms with E-state index in [1.807, 2.05) is 6.07 Å². The van der Waals surface area contributed by atoms with Crippen molar-refractivity contribution >= 4 is 0 Å². The second-order valence-corrected chi connectivity index (χ2v) is 12.8. The maximum atomic E-state index is 6.74. The fourth-order valence-corrected chi connectivity index (χ4v) is 5.92. The van der Waals surface area contributed by atoms with Crippen LogP contribution >= 0.6 is 0 Å². The van der Waals surface area contributed by atoms with Gasteiger partial charge >= 0.3 is 0 Å². The minimum Gasteiger partial charge on any atom is -0.489 e. The summed E-state index contributed by atoms with van der Waals surface area (Å²) < 4.78 is 13.0. The lowest BCUT2D eigenvalue weighted by Crippen LogP contribution is -2.37. The summed E-state index contributed by atoms with van der Waals surface area (Å²) in [7, 11) is 0. The highest BCUT2D eigenvalue weighted by Gasteiger charge is 2.33. The van der Waals surface area contributed by atoms with Gasteiger partial charge in [0, 0.05) is 5.56 Å². The molecule has 0 radical (unpaired) electrons. The summed E-state index contributed by atoms with van der Waals surface area (Å²) in [5.41, 5.74) is 4.93. The average molecular weight is 507 g/mol. The van der Waals surface area contributed by atoms with E-state index in [-0.39, 0.29) is 5.60 Å². The first-order valence-corrected chi connectivity index (χ1v) is 15.2. The lowest BCUT2D eigenvalue weighted by molar-refractivity contribution is 0.0512. The van der Waals surface area contributed by atoms with Gasteiger partial charge < -0.3 is 9.47 Å². The number of benzene rings is 2. The molecule has 0 aliphatic carbocycles. The predicted molar refractivity (Wildman–Crippen MR) is 159 cm³/mol. The lowest BCUT2D eigenvalue weighted by Gasteiger charge is -2.38.